The van der Waals surface area contributed by atoms with Crippen LogP contribution >= 0.6 is 15.6 Å². The van der Waals surface area contributed by atoms with Gasteiger partial charge in [0.25, 0.3) is 0 Å². The van der Waals surface area contributed by atoms with Gasteiger partial charge in [-0.25, -0.2) is 9.13 Å². The maximum absolute atomic E-state index is 9.63. The van der Waals surface area contributed by atoms with Crippen LogP contribution in [-0.4, -0.2) is 61.3 Å². The lowest BCUT2D eigenvalue weighted by Crippen LogP contribution is -2.40. The molecule has 0 aliphatic carbocycles. The summed E-state index contributed by atoms with van der Waals surface area (Å²) in [6.07, 6.45) is 0. The topological polar surface area (TPSA) is 194 Å². The highest BCUT2D eigenvalue weighted by molar-refractivity contribution is 7.60. The summed E-state index contributed by atoms with van der Waals surface area (Å²) < 4.78 is 28.3. The predicted octanol–water partition coefficient (Wildman–Crippen LogP) is 1.81. The maximum atomic E-state index is 9.63. The molecule has 0 amide bonds. The van der Waals surface area contributed by atoms with Crippen molar-refractivity contribution in [2.24, 2.45) is 5.41 Å². The average Bonchev–Trinajstić information content (AvgIpc) is 2.59. The van der Waals surface area contributed by atoms with E-state index >= 15 is 0 Å². The largest absolute Gasteiger partial charge is 0.492 e. The summed E-state index contributed by atoms with van der Waals surface area (Å²) in [7, 11) is -10.1. The number of hydrogen-bond acceptors (Lipinski definition) is 7. The molecule has 188 valence electrons. The fraction of sp³-hybridized carbons (Fsp3) is 0.684. The lowest BCUT2D eigenvalue weighted by molar-refractivity contribution is -0.0265. The zero-order chi connectivity index (χ0) is 25.6. The molecule has 0 fully saturated rings. The van der Waals surface area contributed by atoms with E-state index in [-0.39, 0.29) is 37.3 Å². The molecule has 0 bridgehead atoms. The number of hydrogen-bond donors (Lipinski definition) is 7. The first-order valence-corrected chi connectivity index (χ1v) is 12.7. The van der Waals surface area contributed by atoms with Gasteiger partial charge in [-0.05, 0) is 22.0 Å². The van der Waals surface area contributed by atoms with Crippen LogP contribution in [0.3, 0.4) is 0 Å². The van der Waals surface area contributed by atoms with E-state index in [1.165, 1.54) is 0 Å². The molecule has 0 aliphatic rings. The van der Waals surface area contributed by atoms with Crippen molar-refractivity contribution in [2.75, 3.05) is 26.4 Å². The predicted molar refractivity (Wildman–Crippen MR) is 118 cm³/mol. The van der Waals surface area contributed by atoms with Crippen molar-refractivity contribution >= 4 is 15.6 Å². The second kappa shape index (κ2) is 11.5. The molecule has 0 unspecified atom stereocenters. The van der Waals surface area contributed by atoms with Gasteiger partial charge >= 0.3 is 15.6 Å². The Morgan fingerprint density at radius 2 is 1.09 bits per heavy atom. The molecule has 0 saturated carbocycles. The van der Waals surface area contributed by atoms with Gasteiger partial charge in [0.1, 0.15) is 12.4 Å². The Balaban J connectivity index is 0.000000900. The summed E-state index contributed by atoms with van der Waals surface area (Å²) in [6, 6.07) is 6.12. The normalized spacial score (nSPS) is 13.4. The summed E-state index contributed by atoms with van der Waals surface area (Å²) in [5.41, 5.74) is 0.911. The van der Waals surface area contributed by atoms with Crippen molar-refractivity contribution in [3.63, 3.8) is 0 Å². The minimum atomic E-state index is -5.05. The van der Waals surface area contributed by atoms with Crippen LogP contribution in [0, 0.1) is 5.41 Å². The van der Waals surface area contributed by atoms with Gasteiger partial charge in [-0.3, -0.25) is 0 Å². The Morgan fingerprint density at radius 1 is 0.750 bits per heavy atom. The molecule has 0 aliphatic heterocycles. The van der Waals surface area contributed by atoms with Gasteiger partial charge in [-0.2, -0.15) is 4.31 Å². The second-order valence-corrected chi connectivity index (χ2v) is 12.1. The fourth-order valence-corrected chi connectivity index (χ4v) is 3.63. The third-order valence-corrected chi connectivity index (χ3v) is 6.07. The van der Waals surface area contributed by atoms with Gasteiger partial charge in [-0.1, -0.05) is 59.7 Å². The molecule has 0 aromatic heterocycles. The van der Waals surface area contributed by atoms with E-state index in [9.17, 15) is 24.4 Å². The molecule has 1 rings (SSSR count). The SMILES string of the molecule is CC(C)(C)c1cccc(C(C)(C)C)c1OCC(CO)(CO)CO.O=P(O)(O)OP(=O)(O)O. The molecule has 0 radical (unpaired) electrons. The highest BCUT2D eigenvalue weighted by Crippen LogP contribution is 2.53. The van der Waals surface area contributed by atoms with Crippen molar-refractivity contribution in [2.45, 2.75) is 52.4 Å². The van der Waals surface area contributed by atoms with Crippen molar-refractivity contribution in [3.05, 3.63) is 29.3 Å². The lowest BCUT2D eigenvalue weighted by atomic mass is 9.79. The van der Waals surface area contributed by atoms with E-state index in [1.807, 2.05) is 18.2 Å². The summed E-state index contributed by atoms with van der Waals surface area (Å²) in [5, 5.41) is 28.5. The van der Waals surface area contributed by atoms with Crippen molar-refractivity contribution in [1.29, 1.82) is 0 Å². The number of aliphatic hydroxyl groups is 3. The zero-order valence-electron chi connectivity index (χ0n) is 19.2. The van der Waals surface area contributed by atoms with Gasteiger partial charge in [0.2, 0.25) is 0 Å². The van der Waals surface area contributed by atoms with Gasteiger partial charge in [-0.15, -0.1) is 0 Å². The molecule has 7 N–H and O–H groups in total. The van der Waals surface area contributed by atoms with E-state index in [0.717, 1.165) is 16.9 Å². The summed E-state index contributed by atoms with van der Waals surface area (Å²) >= 11 is 0. The fourth-order valence-electron chi connectivity index (χ4n) is 2.52. The van der Waals surface area contributed by atoms with Crippen LogP contribution in [0.5, 0.6) is 5.75 Å². The van der Waals surface area contributed by atoms with Gasteiger partial charge < -0.3 is 39.6 Å². The minimum Gasteiger partial charge on any atom is -0.492 e. The van der Waals surface area contributed by atoms with Crippen molar-refractivity contribution in [1.82, 2.24) is 0 Å². The van der Waals surface area contributed by atoms with Crippen LogP contribution in [0.25, 0.3) is 0 Å². The Labute approximate surface area is 188 Å². The number of ether oxygens (including phenoxy) is 1. The summed E-state index contributed by atoms with van der Waals surface area (Å²) in [5.74, 6) is 0.784. The number of rotatable bonds is 8. The van der Waals surface area contributed by atoms with Crippen LogP contribution in [0.2, 0.25) is 0 Å². The maximum Gasteiger partial charge on any atom is 0.478 e. The third kappa shape index (κ3) is 10.9. The minimum absolute atomic E-state index is 0.0622. The van der Waals surface area contributed by atoms with Crippen LogP contribution in [-0.2, 0) is 24.3 Å². The van der Waals surface area contributed by atoms with E-state index in [1.54, 1.807) is 0 Å². The molecule has 1 aromatic rings. The molecule has 0 heterocycles. The Hall–Kier alpha value is -0.840. The van der Waals surface area contributed by atoms with Gasteiger partial charge in [0, 0.05) is 0 Å². The first-order chi connectivity index (χ1) is 14.2. The highest BCUT2D eigenvalue weighted by Gasteiger charge is 2.32. The quantitative estimate of drug-likeness (QED) is 0.256. The molecule has 32 heavy (non-hydrogen) atoms. The second-order valence-electron chi connectivity index (χ2n) is 9.51. The Morgan fingerprint density at radius 3 is 1.31 bits per heavy atom. The highest BCUT2D eigenvalue weighted by atomic mass is 31.3. The summed E-state index contributed by atoms with van der Waals surface area (Å²) in [6.45, 7) is 11.8. The monoisotopic (exact) mass is 502 g/mol. The van der Waals surface area contributed by atoms with Crippen molar-refractivity contribution < 1.29 is 53.1 Å². The smallest absolute Gasteiger partial charge is 0.478 e. The van der Waals surface area contributed by atoms with Crippen LogP contribution in [0.4, 0.5) is 0 Å². The standard InChI is InChI=1S/C19H32O4.H4O7P2/c1-17(2,3)14-8-7-9-15(18(4,5)6)16(14)23-13-19(10-20,11-21)12-22;1-8(2,3)7-9(4,5)6/h7-9,20-22H,10-13H2,1-6H3;(H2,1,2,3)(H2,4,5,6). The van der Waals surface area contributed by atoms with Crippen molar-refractivity contribution in [3.8, 4) is 5.75 Å². The molecule has 0 atom stereocenters. The number of para-hydroxylation sites is 1. The van der Waals surface area contributed by atoms with Crippen LogP contribution in [0.1, 0.15) is 52.7 Å². The molecular formula is C19H36O11P2. The van der Waals surface area contributed by atoms with E-state index in [2.05, 4.69) is 45.9 Å². The molecule has 0 spiro atoms. The Bertz CT molecular complexity index is 751. The Kier molecular flexibility index (Phi) is 11.2. The first-order valence-electron chi connectivity index (χ1n) is 9.63. The van der Waals surface area contributed by atoms with Gasteiger partial charge in [0.15, 0.2) is 0 Å². The zero-order valence-corrected chi connectivity index (χ0v) is 21.0. The number of aliphatic hydroxyl groups excluding tert-OH is 3. The first kappa shape index (κ1) is 31.2. The molecule has 1 aromatic carbocycles. The molecule has 11 nitrogen and oxygen atoms in total. The van der Waals surface area contributed by atoms with E-state index in [0.29, 0.717) is 0 Å². The number of benzene rings is 1. The average molecular weight is 502 g/mol. The van der Waals surface area contributed by atoms with Crippen LogP contribution in [0.15, 0.2) is 18.2 Å². The van der Waals surface area contributed by atoms with Gasteiger partial charge in [0.05, 0.1) is 25.2 Å². The van der Waals surface area contributed by atoms with E-state index in [4.69, 9.17) is 24.3 Å². The molecular weight excluding hydrogens is 466 g/mol. The lowest BCUT2D eigenvalue weighted by Gasteiger charge is -2.33. The molecule has 13 heteroatoms. The molecule has 0 saturated heterocycles. The third-order valence-electron chi connectivity index (χ3n) is 4.37. The summed E-state index contributed by atoms with van der Waals surface area (Å²) in [4.78, 5) is 31.0. The number of phosphoric acid groups is 2. The van der Waals surface area contributed by atoms with E-state index < -0.39 is 21.1 Å². The van der Waals surface area contributed by atoms with Crippen LogP contribution < -0.4 is 4.74 Å².